The zero-order valence-electron chi connectivity index (χ0n) is 13.1. The standard InChI is InChI=1S/C17H30O3/c1-3-4-5-6-7-8-9-10-11-12-13-14-15-16(20-2)17(18)19/h16H,3-10,13-15H2,1-2H3,(H,18,19)/t16-/m0/s1. The van der Waals surface area contributed by atoms with E-state index >= 15 is 0 Å². The maximum absolute atomic E-state index is 10.7. The molecule has 0 aliphatic rings. The average Bonchev–Trinajstić information content (AvgIpc) is 2.43. The van der Waals surface area contributed by atoms with Gasteiger partial charge in [-0.1, -0.05) is 45.4 Å². The molecule has 0 aromatic heterocycles. The summed E-state index contributed by atoms with van der Waals surface area (Å²) in [6.07, 6.45) is 11.6. The van der Waals surface area contributed by atoms with Crippen LogP contribution in [0.25, 0.3) is 0 Å². The molecule has 0 aliphatic heterocycles. The van der Waals surface area contributed by atoms with Gasteiger partial charge in [-0.3, -0.25) is 0 Å². The number of carboxylic acid groups (broad SMARTS) is 1. The third kappa shape index (κ3) is 12.0. The van der Waals surface area contributed by atoms with Crippen molar-refractivity contribution in [1.29, 1.82) is 0 Å². The predicted octanol–water partition coefficient (Wildman–Crippen LogP) is 4.40. The lowest BCUT2D eigenvalue weighted by Gasteiger charge is -2.07. The molecule has 20 heavy (non-hydrogen) atoms. The van der Waals surface area contributed by atoms with E-state index in [1.807, 2.05) is 0 Å². The fraction of sp³-hybridized carbons (Fsp3) is 0.824. The Morgan fingerprint density at radius 1 is 1.00 bits per heavy atom. The first-order valence-corrected chi connectivity index (χ1v) is 7.93. The lowest BCUT2D eigenvalue weighted by Crippen LogP contribution is -2.21. The van der Waals surface area contributed by atoms with E-state index in [1.54, 1.807) is 0 Å². The van der Waals surface area contributed by atoms with E-state index in [2.05, 4.69) is 18.8 Å². The Kier molecular flexibility index (Phi) is 13.7. The molecule has 3 heteroatoms. The number of methoxy groups -OCH3 is 1. The molecule has 0 heterocycles. The number of aliphatic carboxylic acids is 1. The molecular formula is C17H30O3. The number of carboxylic acids is 1. The van der Waals surface area contributed by atoms with Crippen LogP contribution in [0.1, 0.15) is 77.6 Å². The molecule has 0 rings (SSSR count). The summed E-state index contributed by atoms with van der Waals surface area (Å²) < 4.78 is 4.86. The number of carbonyl (C=O) groups is 1. The molecule has 0 saturated carbocycles. The van der Waals surface area contributed by atoms with Crippen LogP contribution in [0.2, 0.25) is 0 Å². The van der Waals surface area contributed by atoms with Crippen LogP contribution in [0.3, 0.4) is 0 Å². The highest BCUT2D eigenvalue weighted by Gasteiger charge is 2.14. The number of rotatable bonds is 12. The molecule has 0 unspecified atom stereocenters. The molecule has 0 fully saturated rings. The highest BCUT2D eigenvalue weighted by Crippen LogP contribution is 2.08. The van der Waals surface area contributed by atoms with Gasteiger partial charge in [-0.05, 0) is 19.3 Å². The molecule has 3 nitrogen and oxygen atoms in total. The maximum atomic E-state index is 10.7. The molecule has 1 N–H and O–H groups in total. The minimum Gasteiger partial charge on any atom is -0.479 e. The van der Waals surface area contributed by atoms with Crippen LogP contribution in [-0.2, 0) is 9.53 Å². The fourth-order valence-corrected chi connectivity index (χ4v) is 2.07. The summed E-state index contributed by atoms with van der Waals surface area (Å²) in [6, 6.07) is 0. The lowest BCUT2D eigenvalue weighted by atomic mass is 10.1. The molecule has 0 aliphatic carbocycles. The van der Waals surface area contributed by atoms with Crippen LogP contribution < -0.4 is 0 Å². The largest absolute Gasteiger partial charge is 0.479 e. The smallest absolute Gasteiger partial charge is 0.332 e. The van der Waals surface area contributed by atoms with Gasteiger partial charge in [-0.25, -0.2) is 4.79 Å². The highest BCUT2D eigenvalue weighted by molar-refractivity contribution is 5.72. The summed E-state index contributed by atoms with van der Waals surface area (Å²) >= 11 is 0. The fourth-order valence-electron chi connectivity index (χ4n) is 2.07. The normalized spacial score (nSPS) is 11.7. The number of hydrogen-bond donors (Lipinski definition) is 1. The second kappa shape index (κ2) is 14.4. The zero-order chi connectivity index (χ0) is 15.1. The van der Waals surface area contributed by atoms with Crippen LogP contribution in [0.5, 0.6) is 0 Å². The van der Waals surface area contributed by atoms with Crippen molar-refractivity contribution >= 4 is 5.97 Å². The second-order valence-corrected chi connectivity index (χ2v) is 5.18. The van der Waals surface area contributed by atoms with E-state index in [9.17, 15) is 4.79 Å². The zero-order valence-corrected chi connectivity index (χ0v) is 13.1. The van der Waals surface area contributed by atoms with Gasteiger partial charge in [0.2, 0.25) is 0 Å². The maximum Gasteiger partial charge on any atom is 0.332 e. The third-order valence-corrected chi connectivity index (χ3v) is 3.36. The van der Waals surface area contributed by atoms with Crippen LogP contribution in [0, 0.1) is 11.8 Å². The Labute approximate surface area is 124 Å². The van der Waals surface area contributed by atoms with Crippen LogP contribution in [0.4, 0.5) is 0 Å². The Hall–Kier alpha value is -1.01. The first-order valence-electron chi connectivity index (χ1n) is 7.93. The minimum absolute atomic E-state index is 0.540. The summed E-state index contributed by atoms with van der Waals surface area (Å²) in [5, 5.41) is 8.79. The molecule has 0 amide bonds. The quantitative estimate of drug-likeness (QED) is 0.426. The van der Waals surface area contributed by atoms with Gasteiger partial charge in [0.15, 0.2) is 6.10 Å². The van der Waals surface area contributed by atoms with Crippen molar-refractivity contribution in [1.82, 2.24) is 0 Å². The molecule has 0 spiro atoms. The van der Waals surface area contributed by atoms with Gasteiger partial charge in [0.25, 0.3) is 0 Å². The van der Waals surface area contributed by atoms with Crippen molar-refractivity contribution in [2.45, 2.75) is 83.7 Å². The predicted molar refractivity (Wildman–Crippen MR) is 82.7 cm³/mol. The van der Waals surface area contributed by atoms with E-state index in [1.165, 1.54) is 52.1 Å². The first-order chi connectivity index (χ1) is 9.72. The van der Waals surface area contributed by atoms with Crippen LogP contribution in [0.15, 0.2) is 0 Å². The molecule has 0 bridgehead atoms. The van der Waals surface area contributed by atoms with E-state index in [-0.39, 0.29) is 0 Å². The summed E-state index contributed by atoms with van der Waals surface area (Å²) in [5.74, 6) is 5.40. The Morgan fingerprint density at radius 2 is 1.55 bits per heavy atom. The van der Waals surface area contributed by atoms with Gasteiger partial charge >= 0.3 is 5.97 Å². The van der Waals surface area contributed by atoms with E-state index < -0.39 is 12.1 Å². The van der Waals surface area contributed by atoms with Gasteiger partial charge in [0.05, 0.1) is 0 Å². The summed E-state index contributed by atoms with van der Waals surface area (Å²) in [6.45, 7) is 2.24. The van der Waals surface area contributed by atoms with Gasteiger partial charge in [-0.2, -0.15) is 0 Å². The summed E-state index contributed by atoms with van der Waals surface area (Å²) in [7, 11) is 1.44. The molecule has 116 valence electrons. The van der Waals surface area contributed by atoms with Gasteiger partial charge in [0, 0.05) is 20.0 Å². The van der Waals surface area contributed by atoms with Crippen molar-refractivity contribution in [2.24, 2.45) is 0 Å². The van der Waals surface area contributed by atoms with Crippen LogP contribution in [-0.4, -0.2) is 24.3 Å². The SMILES string of the molecule is CCCCCCCCCC#CCCC[C@H](OC)C(=O)O. The minimum atomic E-state index is -0.886. The van der Waals surface area contributed by atoms with Crippen molar-refractivity contribution in [3.05, 3.63) is 0 Å². The summed E-state index contributed by atoms with van der Waals surface area (Å²) in [4.78, 5) is 10.7. The molecule has 0 aromatic carbocycles. The van der Waals surface area contributed by atoms with E-state index in [0.29, 0.717) is 6.42 Å². The Balaban J connectivity index is 3.35. The Bertz CT molecular complexity index is 288. The van der Waals surface area contributed by atoms with Gasteiger partial charge in [0.1, 0.15) is 0 Å². The molecule has 0 aromatic rings. The van der Waals surface area contributed by atoms with Crippen LogP contribution >= 0.6 is 0 Å². The topological polar surface area (TPSA) is 46.5 Å². The summed E-state index contributed by atoms with van der Waals surface area (Å²) in [5.41, 5.74) is 0. The monoisotopic (exact) mass is 282 g/mol. The van der Waals surface area contributed by atoms with Gasteiger partial charge in [-0.15, -0.1) is 11.8 Å². The van der Waals surface area contributed by atoms with Gasteiger partial charge < -0.3 is 9.84 Å². The van der Waals surface area contributed by atoms with E-state index in [4.69, 9.17) is 9.84 Å². The third-order valence-electron chi connectivity index (χ3n) is 3.36. The van der Waals surface area contributed by atoms with E-state index in [0.717, 1.165) is 19.3 Å². The first kappa shape index (κ1) is 19.0. The number of ether oxygens (including phenoxy) is 1. The average molecular weight is 282 g/mol. The van der Waals surface area contributed by atoms with Crippen molar-refractivity contribution < 1.29 is 14.6 Å². The lowest BCUT2D eigenvalue weighted by molar-refractivity contribution is -0.148. The second-order valence-electron chi connectivity index (χ2n) is 5.18. The highest BCUT2D eigenvalue weighted by atomic mass is 16.5. The molecule has 0 radical (unpaired) electrons. The number of hydrogen-bond acceptors (Lipinski definition) is 2. The Morgan fingerprint density at radius 3 is 2.10 bits per heavy atom. The molecular weight excluding hydrogens is 252 g/mol. The number of unbranched alkanes of at least 4 members (excludes halogenated alkanes) is 8. The van der Waals surface area contributed by atoms with Crippen molar-refractivity contribution in [2.75, 3.05) is 7.11 Å². The van der Waals surface area contributed by atoms with Crippen molar-refractivity contribution in [3.8, 4) is 11.8 Å². The molecule has 0 saturated heterocycles. The molecule has 1 atom stereocenters. The van der Waals surface area contributed by atoms with Crippen molar-refractivity contribution in [3.63, 3.8) is 0 Å².